The Balaban J connectivity index is 1.76. The average Bonchev–Trinajstić information content (AvgIpc) is 2.87. The van der Waals surface area contributed by atoms with Gasteiger partial charge in [-0.2, -0.15) is 0 Å². The Morgan fingerprint density at radius 2 is 2.25 bits per heavy atom. The van der Waals surface area contributed by atoms with Crippen LogP contribution in [0.5, 0.6) is 5.75 Å². The third-order valence-corrected chi connectivity index (χ3v) is 4.45. The molecule has 20 heavy (non-hydrogen) atoms. The maximum atomic E-state index is 6.00. The van der Waals surface area contributed by atoms with Gasteiger partial charge >= 0.3 is 0 Å². The van der Waals surface area contributed by atoms with Gasteiger partial charge in [0.05, 0.1) is 6.61 Å². The van der Waals surface area contributed by atoms with Crippen LogP contribution in [-0.2, 0) is 17.9 Å². The van der Waals surface area contributed by atoms with Crippen molar-refractivity contribution in [2.75, 3.05) is 25.6 Å². The summed E-state index contributed by atoms with van der Waals surface area (Å²) in [5.41, 5.74) is 9.08. The van der Waals surface area contributed by atoms with Crippen LogP contribution in [0, 0.1) is 11.8 Å². The van der Waals surface area contributed by atoms with Crippen molar-refractivity contribution >= 4 is 5.69 Å². The third kappa shape index (κ3) is 2.76. The van der Waals surface area contributed by atoms with Gasteiger partial charge in [0.25, 0.3) is 0 Å². The molecule has 2 N–H and O–H groups in total. The van der Waals surface area contributed by atoms with Gasteiger partial charge in [-0.15, -0.1) is 0 Å². The average molecular weight is 276 g/mol. The molecule has 1 fully saturated rings. The number of likely N-dealkylation sites (tertiary alicyclic amines) is 1. The van der Waals surface area contributed by atoms with Crippen LogP contribution >= 0.6 is 0 Å². The topological polar surface area (TPSA) is 47.7 Å². The molecule has 0 spiro atoms. The normalized spacial score (nSPS) is 22.9. The lowest BCUT2D eigenvalue weighted by atomic mass is 9.95. The van der Waals surface area contributed by atoms with Crippen LogP contribution in [0.4, 0.5) is 5.69 Å². The molecule has 0 aliphatic carbocycles. The molecule has 2 aliphatic heterocycles. The number of rotatable bonds is 3. The van der Waals surface area contributed by atoms with Crippen LogP contribution in [-0.4, -0.2) is 24.8 Å². The molecule has 0 radical (unpaired) electrons. The first-order valence-corrected chi connectivity index (χ1v) is 7.47. The number of hydrogen-bond donors (Lipinski definition) is 1. The zero-order valence-corrected chi connectivity index (χ0v) is 12.4. The van der Waals surface area contributed by atoms with E-state index in [9.17, 15) is 0 Å². The number of nitrogen functional groups attached to an aromatic ring is 1. The number of nitrogens with zero attached hydrogens (tertiary/aromatic N) is 1. The van der Waals surface area contributed by atoms with Crippen molar-refractivity contribution in [3.8, 4) is 5.75 Å². The predicted octanol–water partition coefficient (Wildman–Crippen LogP) is 2.61. The maximum Gasteiger partial charge on any atom is 0.189 e. The molecule has 1 atom stereocenters. The molecule has 3 rings (SSSR count). The van der Waals surface area contributed by atoms with E-state index in [1.807, 2.05) is 12.1 Å². The maximum absolute atomic E-state index is 6.00. The minimum atomic E-state index is 0.346. The summed E-state index contributed by atoms with van der Waals surface area (Å²) in [7, 11) is 0. The van der Waals surface area contributed by atoms with Crippen LogP contribution in [0.2, 0.25) is 0 Å². The third-order valence-electron chi connectivity index (χ3n) is 4.45. The van der Waals surface area contributed by atoms with Crippen LogP contribution in [0.1, 0.15) is 31.4 Å². The molecule has 4 heteroatoms. The Bertz CT molecular complexity index is 488. The highest BCUT2D eigenvalue weighted by Crippen LogP contribution is 2.33. The molecular weight excluding hydrogens is 252 g/mol. The number of hydrogen-bond acceptors (Lipinski definition) is 4. The Morgan fingerprint density at radius 3 is 3.00 bits per heavy atom. The summed E-state index contributed by atoms with van der Waals surface area (Å²) in [6.07, 6.45) is 1.30. The molecule has 1 unspecified atom stereocenters. The number of fused-ring (bicyclic) bond motifs is 1. The SMILES string of the molecule is CC(C)C1CCN(Cc2cc(N)cc3c2OCOC3)C1. The van der Waals surface area contributed by atoms with E-state index < -0.39 is 0 Å². The molecule has 2 heterocycles. The lowest BCUT2D eigenvalue weighted by Crippen LogP contribution is -2.23. The van der Waals surface area contributed by atoms with Gasteiger partial charge in [0.15, 0.2) is 6.79 Å². The van der Waals surface area contributed by atoms with E-state index in [2.05, 4.69) is 18.7 Å². The highest BCUT2D eigenvalue weighted by Gasteiger charge is 2.26. The van der Waals surface area contributed by atoms with Gasteiger partial charge in [-0.25, -0.2) is 0 Å². The molecule has 2 aliphatic rings. The fourth-order valence-corrected chi connectivity index (χ4v) is 3.23. The zero-order chi connectivity index (χ0) is 14.1. The fourth-order valence-electron chi connectivity index (χ4n) is 3.23. The monoisotopic (exact) mass is 276 g/mol. The van der Waals surface area contributed by atoms with Crippen LogP contribution < -0.4 is 10.5 Å². The minimum absolute atomic E-state index is 0.346. The second-order valence-corrected chi connectivity index (χ2v) is 6.31. The molecule has 1 aromatic carbocycles. The Kier molecular flexibility index (Phi) is 3.85. The fraction of sp³-hybridized carbons (Fsp3) is 0.625. The van der Waals surface area contributed by atoms with E-state index in [-0.39, 0.29) is 0 Å². The molecular formula is C16H24N2O2. The summed E-state index contributed by atoms with van der Waals surface area (Å²) >= 11 is 0. The van der Waals surface area contributed by atoms with E-state index in [0.29, 0.717) is 13.4 Å². The van der Waals surface area contributed by atoms with Crippen LogP contribution in [0.15, 0.2) is 12.1 Å². The van der Waals surface area contributed by atoms with Gasteiger partial charge in [0, 0.05) is 29.9 Å². The van der Waals surface area contributed by atoms with Gasteiger partial charge < -0.3 is 15.2 Å². The van der Waals surface area contributed by atoms with E-state index >= 15 is 0 Å². The number of benzene rings is 1. The smallest absolute Gasteiger partial charge is 0.189 e. The molecule has 110 valence electrons. The van der Waals surface area contributed by atoms with E-state index in [0.717, 1.165) is 35.4 Å². The first kappa shape index (κ1) is 13.7. The van der Waals surface area contributed by atoms with E-state index in [4.69, 9.17) is 15.2 Å². The quantitative estimate of drug-likeness (QED) is 0.862. The van der Waals surface area contributed by atoms with Crippen LogP contribution in [0.3, 0.4) is 0 Å². The highest BCUT2D eigenvalue weighted by molar-refractivity contribution is 5.53. The summed E-state index contributed by atoms with van der Waals surface area (Å²) < 4.78 is 11.0. The highest BCUT2D eigenvalue weighted by atomic mass is 16.7. The number of anilines is 1. The Labute approximate surface area is 120 Å². The summed E-state index contributed by atoms with van der Waals surface area (Å²) in [5, 5.41) is 0. The molecule has 1 saturated heterocycles. The molecule has 0 bridgehead atoms. The Morgan fingerprint density at radius 1 is 1.40 bits per heavy atom. The van der Waals surface area contributed by atoms with Gasteiger partial charge in [-0.1, -0.05) is 13.8 Å². The molecule has 0 amide bonds. The van der Waals surface area contributed by atoms with Gasteiger partial charge in [0.1, 0.15) is 5.75 Å². The van der Waals surface area contributed by atoms with E-state index in [1.54, 1.807) is 0 Å². The van der Waals surface area contributed by atoms with Crippen molar-refractivity contribution in [3.63, 3.8) is 0 Å². The van der Waals surface area contributed by atoms with Crippen LogP contribution in [0.25, 0.3) is 0 Å². The van der Waals surface area contributed by atoms with Gasteiger partial charge in [-0.05, 0) is 36.9 Å². The lowest BCUT2D eigenvalue weighted by Gasteiger charge is -2.24. The summed E-state index contributed by atoms with van der Waals surface area (Å²) in [5.74, 6) is 2.56. The lowest BCUT2D eigenvalue weighted by molar-refractivity contribution is -0.0173. The molecule has 0 aromatic heterocycles. The largest absolute Gasteiger partial charge is 0.467 e. The predicted molar refractivity (Wildman–Crippen MR) is 79.4 cm³/mol. The van der Waals surface area contributed by atoms with Crippen molar-refractivity contribution in [2.45, 2.75) is 33.4 Å². The van der Waals surface area contributed by atoms with E-state index in [1.165, 1.54) is 25.1 Å². The number of nitrogens with two attached hydrogens (primary N) is 1. The standard InChI is InChI=1S/C16H24N2O2/c1-11(2)12-3-4-18(7-12)8-13-5-15(17)6-14-9-19-10-20-16(13)14/h5-6,11-12H,3-4,7-10,17H2,1-2H3. The second kappa shape index (κ2) is 5.62. The minimum Gasteiger partial charge on any atom is -0.467 e. The first-order valence-electron chi connectivity index (χ1n) is 7.47. The van der Waals surface area contributed by atoms with Crippen molar-refractivity contribution in [2.24, 2.45) is 11.8 Å². The van der Waals surface area contributed by atoms with Crippen molar-refractivity contribution < 1.29 is 9.47 Å². The number of ether oxygens (including phenoxy) is 2. The first-order chi connectivity index (χ1) is 9.63. The van der Waals surface area contributed by atoms with Gasteiger partial charge in [-0.3, -0.25) is 4.90 Å². The summed E-state index contributed by atoms with van der Waals surface area (Å²) in [6.45, 7) is 8.85. The van der Waals surface area contributed by atoms with Gasteiger partial charge in [0.2, 0.25) is 0 Å². The molecule has 4 nitrogen and oxygen atoms in total. The zero-order valence-electron chi connectivity index (χ0n) is 12.4. The molecule has 0 saturated carbocycles. The Hall–Kier alpha value is -1.26. The second-order valence-electron chi connectivity index (χ2n) is 6.31. The molecule has 1 aromatic rings. The van der Waals surface area contributed by atoms with Crippen molar-refractivity contribution in [1.29, 1.82) is 0 Å². The van der Waals surface area contributed by atoms with Crippen molar-refractivity contribution in [3.05, 3.63) is 23.3 Å². The summed E-state index contributed by atoms with van der Waals surface area (Å²) in [4.78, 5) is 2.51. The summed E-state index contributed by atoms with van der Waals surface area (Å²) in [6, 6.07) is 4.01. The van der Waals surface area contributed by atoms with Crippen molar-refractivity contribution in [1.82, 2.24) is 4.90 Å².